The van der Waals surface area contributed by atoms with Gasteiger partial charge in [-0.15, -0.1) is 0 Å². The molecule has 0 bridgehead atoms. The highest BCUT2D eigenvalue weighted by molar-refractivity contribution is 7.85. The smallest absolute Gasteiger partial charge is 0.311 e. The fourth-order valence-corrected chi connectivity index (χ4v) is 11.0. The predicted octanol–water partition coefficient (Wildman–Crippen LogP) is 8.66. The Morgan fingerprint density at radius 3 is 1.21 bits per heavy atom. The molecule has 0 amide bonds. The minimum absolute atomic E-state index is 0.0393. The predicted molar refractivity (Wildman–Crippen MR) is 290 cm³/mol. The van der Waals surface area contributed by atoms with Crippen LogP contribution in [-0.2, 0) is 54.9 Å². The zero-order valence-electron chi connectivity index (χ0n) is 46.3. The van der Waals surface area contributed by atoms with Crippen molar-refractivity contribution in [2.24, 2.45) is 0 Å². The molecule has 0 N–H and O–H groups in total. The second kappa shape index (κ2) is 27.5. The molecule has 5 aromatic carbocycles. The number of fused-ring (bicyclic) bond motifs is 2. The Kier molecular flexibility index (Phi) is 21.3. The molecule has 0 saturated carbocycles. The van der Waals surface area contributed by atoms with Crippen LogP contribution in [0.2, 0.25) is 0 Å². The molecule has 2 aliphatic heterocycles. The number of quaternary nitrogens is 2. The van der Waals surface area contributed by atoms with Gasteiger partial charge in [-0.1, -0.05) is 30.3 Å². The average Bonchev–Trinajstić information content (AvgIpc) is 3.46. The Morgan fingerprint density at radius 1 is 0.494 bits per heavy atom. The van der Waals surface area contributed by atoms with Gasteiger partial charge in [0.2, 0.25) is 0 Å². The number of carbonyl (C=O) groups excluding carboxylic acids is 2. The molecule has 0 radical (unpaired) electrons. The Balaban J connectivity index is 0.000000861. The van der Waals surface area contributed by atoms with Crippen LogP contribution in [0.4, 0.5) is 0 Å². The lowest BCUT2D eigenvalue weighted by molar-refractivity contribution is -0.940. The third kappa shape index (κ3) is 15.3. The van der Waals surface area contributed by atoms with Crippen molar-refractivity contribution in [2.45, 2.75) is 74.8 Å². The molecular weight excluding hydrogens is 1010 g/mol. The van der Waals surface area contributed by atoms with Gasteiger partial charge in [-0.3, -0.25) is 9.59 Å². The number of unbranched alkanes of at least 4 members (excludes halogenated alkanes) is 2. The van der Waals surface area contributed by atoms with Crippen LogP contribution in [0.5, 0.6) is 46.0 Å². The summed E-state index contributed by atoms with van der Waals surface area (Å²) >= 11 is 0. The summed E-state index contributed by atoms with van der Waals surface area (Å²) in [5.74, 6) is 5.06. The van der Waals surface area contributed by atoms with Crippen molar-refractivity contribution in [1.82, 2.24) is 0 Å². The average molecular weight is 1090 g/mol. The molecule has 4 atom stereocenters. The van der Waals surface area contributed by atoms with Gasteiger partial charge in [-0.2, -0.15) is 0 Å². The van der Waals surface area contributed by atoms with Crippen molar-refractivity contribution in [3.63, 3.8) is 0 Å². The lowest BCUT2D eigenvalue weighted by Gasteiger charge is -2.46. The second-order valence-corrected chi connectivity index (χ2v) is 21.1. The molecule has 7 rings (SSSR count). The number of benzene rings is 5. The lowest BCUT2D eigenvalue weighted by Crippen LogP contribution is -2.53. The molecule has 5 aromatic rings. The van der Waals surface area contributed by atoms with E-state index in [2.05, 4.69) is 50.5 Å². The Labute approximate surface area is 454 Å². The van der Waals surface area contributed by atoms with E-state index in [4.69, 9.17) is 47.4 Å². The van der Waals surface area contributed by atoms with Crippen LogP contribution in [0, 0.1) is 0 Å². The number of rotatable bonds is 25. The molecule has 77 heavy (non-hydrogen) atoms. The Hall–Kier alpha value is -6.73. The van der Waals surface area contributed by atoms with E-state index >= 15 is 0 Å². The number of hydrogen-bond acceptors (Lipinski definition) is 15. The number of carbonyl (C=O) groups is 2. The van der Waals surface area contributed by atoms with Gasteiger partial charge in [0.1, 0.15) is 22.2 Å². The number of likely N-dealkylation sites (N-methyl/N-ethyl adjacent to an activating group) is 2. The summed E-state index contributed by atoms with van der Waals surface area (Å²) in [5, 5.41) is 0. The SMILES string of the molecule is COc1ccc(CC2c3cc(OC)c(OC)cc3CC[N+]2(C)CCC(=O)OCCCCCOC(=O)CC[N+]2(C)CCc3cc(OC)c(OC)cc3C2Cc2ccc(OC)c(OC)c2)cc1OC.O=S(=O)([O-])c1ccccc1. The Bertz CT molecular complexity index is 2720. The quantitative estimate of drug-likeness (QED) is 0.0234. The van der Waals surface area contributed by atoms with Crippen LogP contribution in [0.3, 0.4) is 0 Å². The zero-order chi connectivity index (χ0) is 55.8. The summed E-state index contributed by atoms with van der Waals surface area (Å²) in [6.45, 7) is 3.57. The Morgan fingerprint density at radius 2 is 0.857 bits per heavy atom. The standard InChI is InChI=1S/C53H72N2O12.C6H6O3S/c1-54(22-18-38-32-48(62-7)50(64-9)34-40(38)42(54)28-36-14-16-44(58-3)46(30-36)60-5)24-20-52(56)66-26-12-11-13-27-67-53(57)21-25-55(2)23-19-39-33-49(63-8)51(65-10)35-41(39)43(55)29-37-15-17-45(59-4)47(31-37)61-6;7-10(8,9)6-4-2-1-3-5-6/h14-17,30-35,42-43H,11-13,18-29H2,1-10H3;1-5H,(H,7,8,9)/q+2;/p-1. The van der Waals surface area contributed by atoms with E-state index in [0.29, 0.717) is 107 Å². The van der Waals surface area contributed by atoms with E-state index in [-0.39, 0.29) is 28.9 Å². The highest BCUT2D eigenvalue weighted by atomic mass is 32.2. The van der Waals surface area contributed by atoms with Gasteiger partial charge < -0.3 is 60.9 Å². The molecule has 0 aliphatic carbocycles. The van der Waals surface area contributed by atoms with E-state index in [0.717, 1.165) is 56.3 Å². The maximum absolute atomic E-state index is 13.2. The first-order chi connectivity index (χ1) is 37.0. The first-order valence-electron chi connectivity index (χ1n) is 25.9. The molecule has 17 nitrogen and oxygen atoms in total. The van der Waals surface area contributed by atoms with E-state index < -0.39 is 10.1 Å². The normalized spacial score (nSPS) is 18.5. The van der Waals surface area contributed by atoms with E-state index in [9.17, 15) is 22.6 Å². The van der Waals surface area contributed by atoms with Gasteiger partial charge in [-0.25, -0.2) is 8.42 Å². The van der Waals surface area contributed by atoms with Crippen molar-refractivity contribution in [2.75, 3.05) is 110 Å². The van der Waals surface area contributed by atoms with Gasteiger partial charge in [0.05, 0.1) is 128 Å². The van der Waals surface area contributed by atoms with Crippen molar-refractivity contribution in [3.8, 4) is 46.0 Å². The highest BCUT2D eigenvalue weighted by Gasteiger charge is 2.42. The summed E-state index contributed by atoms with van der Waals surface area (Å²) in [4.78, 5) is 26.2. The van der Waals surface area contributed by atoms with Crippen LogP contribution in [-0.4, -0.2) is 144 Å². The fourth-order valence-electron chi connectivity index (χ4n) is 10.5. The molecule has 0 spiro atoms. The summed E-state index contributed by atoms with van der Waals surface area (Å²) in [7, 11) is 13.4. The van der Waals surface area contributed by atoms with Crippen molar-refractivity contribution >= 4 is 22.1 Å². The first-order valence-corrected chi connectivity index (χ1v) is 27.3. The van der Waals surface area contributed by atoms with Crippen molar-refractivity contribution in [1.29, 1.82) is 0 Å². The highest BCUT2D eigenvalue weighted by Crippen LogP contribution is 2.45. The summed E-state index contributed by atoms with van der Waals surface area (Å²) in [6, 6.07) is 27.7. The maximum atomic E-state index is 13.2. The maximum Gasteiger partial charge on any atom is 0.311 e. The van der Waals surface area contributed by atoms with Gasteiger partial charge in [0.15, 0.2) is 46.0 Å². The van der Waals surface area contributed by atoms with E-state index in [1.165, 1.54) is 46.5 Å². The molecule has 4 unspecified atom stereocenters. The van der Waals surface area contributed by atoms with Crippen LogP contribution in [0.15, 0.2) is 95.9 Å². The second-order valence-electron chi connectivity index (χ2n) is 19.8. The zero-order valence-corrected chi connectivity index (χ0v) is 47.2. The van der Waals surface area contributed by atoms with Gasteiger partial charge in [0, 0.05) is 36.8 Å². The fraction of sp³-hybridized carbons (Fsp3) is 0.458. The summed E-state index contributed by atoms with van der Waals surface area (Å²) < 4.78 is 88.7. The summed E-state index contributed by atoms with van der Waals surface area (Å²) in [5.41, 5.74) is 7.00. The molecule has 0 saturated heterocycles. The topological polar surface area (TPSA) is 184 Å². The van der Waals surface area contributed by atoms with Crippen molar-refractivity contribution in [3.05, 3.63) is 124 Å². The molecule has 2 heterocycles. The number of hydrogen-bond donors (Lipinski definition) is 0. The van der Waals surface area contributed by atoms with Gasteiger partial charge in [-0.05, 0) is 102 Å². The van der Waals surface area contributed by atoms with E-state index in [1.807, 2.05) is 24.3 Å². The molecular formula is C59H77N2O15S+. The third-order valence-electron chi connectivity index (χ3n) is 15.1. The lowest BCUT2D eigenvalue weighted by atomic mass is 9.86. The summed E-state index contributed by atoms with van der Waals surface area (Å²) in [6.07, 6.45) is 5.85. The number of ether oxygens (including phenoxy) is 10. The molecule has 418 valence electrons. The van der Waals surface area contributed by atoms with Gasteiger partial charge in [0.25, 0.3) is 0 Å². The van der Waals surface area contributed by atoms with Crippen LogP contribution in [0.25, 0.3) is 0 Å². The minimum atomic E-state index is -4.25. The number of nitrogens with zero attached hydrogens (tertiary/aromatic N) is 2. The molecule has 0 aromatic heterocycles. The minimum Gasteiger partial charge on any atom is -0.744 e. The number of esters is 2. The third-order valence-corrected chi connectivity index (χ3v) is 15.9. The van der Waals surface area contributed by atoms with Crippen molar-refractivity contribution < 1.29 is 78.9 Å². The van der Waals surface area contributed by atoms with Crippen LogP contribution in [0.1, 0.15) is 77.6 Å². The molecule has 2 aliphatic rings. The first kappa shape index (κ1) is 59.5. The van der Waals surface area contributed by atoms with E-state index in [1.54, 1.807) is 62.9 Å². The molecule has 0 fully saturated rings. The monoisotopic (exact) mass is 1090 g/mol. The van der Waals surface area contributed by atoms with Crippen LogP contribution < -0.4 is 37.9 Å². The van der Waals surface area contributed by atoms with Crippen LogP contribution >= 0.6 is 0 Å². The number of methoxy groups -OCH3 is 8. The van der Waals surface area contributed by atoms with Gasteiger partial charge >= 0.3 is 11.9 Å². The largest absolute Gasteiger partial charge is 0.744 e. The molecule has 18 heteroatoms.